The fourth-order valence-electron chi connectivity index (χ4n) is 4.53. The molecule has 1 aliphatic heterocycles. The first kappa shape index (κ1) is 37.0. The second-order valence-electron chi connectivity index (χ2n) is 10.3. The minimum Gasteiger partial charge on any atom is -0.480 e. The normalized spacial score (nSPS) is 16.2. The van der Waals surface area contributed by atoms with Crippen LogP contribution in [0.15, 0.2) is 24.3 Å². The third-order valence-electron chi connectivity index (χ3n) is 6.88. The lowest BCUT2D eigenvalue weighted by molar-refractivity contribution is -0.384. The molecule has 250 valence electrons. The van der Waals surface area contributed by atoms with Gasteiger partial charge in [0.2, 0.25) is 5.91 Å². The molecule has 0 spiro atoms. The highest BCUT2D eigenvalue weighted by Gasteiger charge is 2.24. The van der Waals surface area contributed by atoms with E-state index in [0.29, 0.717) is 0 Å². The molecule has 0 atom stereocenters. The van der Waals surface area contributed by atoms with Crippen LogP contribution in [0.4, 0.5) is 5.69 Å². The Hall–Kier alpha value is -4.23. The molecule has 1 aliphatic rings. The number of nitro benzene ring substituents is 1. The second kappa shape index (κ2) is 19.2. The largest absolute Gasteiger partial charge is 0.480 e. The summed E-state index contributed by atoms with van der Waals surface area (Å²) in [5.41, 5.74) is -0.181. The van der Waals surface area contributed by atoms with E-state index in [4.69, 9.17) is 9.47 Å². The number of amides is 1. The SMILES string of the molecule is COCCN(CC(=O)Oc1ccc([N+](=O)[O-])cc1)C(=O)CN1CCN(CC(=O)O)CCN(CC(=O)O)CCN(CC(=O)O)CC1. The van der Waals surface area contributed by atoms with E-state index in [2.05, 4.69) is 0 Å². The molecule has 3 N–H and O–H groups in total. The Kier molecular flexibility index (Phi) is 15.8. The summed E-state index contributed by atoms with van der Waals surface area (Å²) >= 11 is 0. The van der Waals surface area contributed by atoms with Crippen LogP contribution in [0.2, 0.25) is 0 Å². The molecule has 45 heavy (non-hydrogen) atoms. The van der Waals surface area contributed by atoms with Crippen molar-refractivity contribution in [1.82, 2.24) is 24.5 Å². The molecule has 1 fully saturated rings. The Morgan fingerprint density at radius 1 is 0.756 bits per heavy atom. The van der Waals surface area contributed by atoms with Gasteiger partial charge in [-0.25, -0.2) is 4.79 Å². The molecule has 0 aromatic heterocycles. The Labute approximate surface area is 259 Å². The van der Waals surface area contributed by atoms with E-state index in [1.165, 1.54) is 36.3 Å². The number of nitrogens with zero attached hydrogens (tertiary/aromatic N) is 6. The number of rotatable bonds is 15. The second-order valence-corrected chi connectivity index (χ2v) is 10.3. The number of carbonyl (C=O) groups excluding carboxylic acids is 2. The van der Waals surface area contributed by atoms with Crippen LogP contribution in [-0.2, 0) is 28.7 Å². The lowest BCUT2D eigenvalue weighted by atomic mass is 10.3. The summed E-state index contributed by atoms with van der Waals surface area (Å²) in [6, 6.07) is 4.89. The molecule has 18 nitrogen and oxygen atoms in total. The van der Waals surface area contributed by atoms with Crippen molar-refractivity contribution in [2.24, 2.45) is 0 Å². The summed E-state index contributed by atoms with van der Waals surface area (Å²) in [5, 5.41) is 39.0. The summed E-state index contributed by atoms with van der Waals surface area (Å²) in [5.74, 6) is -4.38. The number of aliphatic carboxylic acids is 3. The van der Waals surface area contributed by atoms with Gasteiger partial charge in [-0.2, -0.15) is 0 Å². The number of carbonyl (C=O) groups is 5. The van der Waals surface area contributed by atoms with Gasteiger partial charge in [0.15, 0.2) is 0 Å². The Balaban J connectivity index is 2.17. The summed E-state index contributed by atoms with van der Waals surface area (Å²) in [6.07, 6.45) is 0. The molecule has 2 rings (SSSR count). The Bertz CT molecular complexity index is 1140. The summed E-state index contributed by atoms with van der Waals surface area (Å²) < 4.78 is 10.3. The number of hydrogen-bond acceptors (Lipinski definition) is 13. The molecule has 0 saturated carbocycles. The van der Waals surface area contributed by atoms with E-state index in [1.807, 2.05) is 0 Å². The number of ether oxygens (including phenoxy) is 2. The van der Waals surface area contributed by atoms with Crippen LogP contribution < -0.4 is 4.74 Å². The van der Waals surface area contributed by atoms with Crippen LogP contribution in [-0.4, -0.2) is 180 Å². The average molecular weight is 641 g/mol. The standard InChI is InChI=1S/C27H40N6O12/c1-44-15-14-32(20-27(41)45-22-4-2-21(3-5-22)33(42)43)23(34)16-28-6-8-29(17-24(35)36)10-12-31(19-26(39)40)13-11-30(9-7-28)18-25(37)38/h2-5H,6-20H2,1H3,(H,35,36)(H,37,38)(H,39,40). The van der Waals surface area contributed by atoms with Gasteiger partial charge >= 0.3 is 23.9 Å². The van der Waals surface area contributed by atoms with E-state index in [9.17, 15) is 49.4 Å². The van der Waals surface area contributed by atoms with Crippen molar-refractivity contribution in [2.75, 3.05) is 105 Å². The molecule has 1 amide bonds. The van der Waals surface area contributed by atoms with Crippen molar-refractivity contribution in [3.63, 3.8) is 0 Å². The topological polar surface area (TPSA) is 224 Å². The van der Waals surface area contributed by atoms with Gasteiger partial charge in [-0.15, -0.1) is 0 Å². The molecule has 0 aliphatic carbocycles. The highest BCUT2D eigenvalue weighted by atomic mass is 16.6. The molecule has 0 unspecified atom stereocenters. The van der Waals surface area contributed by atoms with Crippen LogP contribution >= 0.6 is 0 Å². The van der Waals surface area contributed by atoms with E-state index in [0.717, 1.165) is 0 Å². The minimum atomic E-state index is -1.07. The summed E-state index contributed by atoms with van der Waals surface area (Å²) in [7, 11) is 1.43. The zero-order valence-corrected chi connectivity index (χ0v) is 25.1. The molecule has 1 aromatic carbocycles. The molecule has 1 saturated heterocycles. The van der Waals surface area contributed by atoms with Gasteiger partial charge in [0.1, 0.15) is 12.3 Å². The maximum atomic E-state index is 13.4. The molecule has 18 heteroatoms. The molecule has 0 bridgehead atoms. The fourth-order valence-corrected chi connectivity index (χ4v) is 4.53. The van der Waals surface area contributed by atoms with Gasteiger partial charge in [0.05, 0.1) is 37.7 Å². The van der Waals surface area contributed by atoms with Crippen LogP contribution in [0.3, 0.4) is 0 Å². The van der Waals surface area contributed by atoms with Crippen molar-refractivity contribution in [3.8, 4) is 5.75 Å². The molecule has 1 aromatic rings. The maximum absolute atomic E-state index is 13.4. The predicted molar refractivity (Wildman–Crippen MR) is 156 cm³/mol. The first-order chi connectivity index (χ1) is 21.4. The summed E-state index contributed by atoms with van der Waals surface area (Å²) in [4.78, 5) is 78.6. The van der Waals surface area contributed by atoms with Crippen LogP contribution in [0.1, 0.15) is 0 Å². The first-order valence-electron chi connectivity index (χ1n) is 14.1. The molecule has 1 heterocycles. The number of methoxy groups -OCH3 is 1. The third-order valence-corrected chi connectivity index (χ3v) is 6.88. The third kappa shape index (κ3) is 14.9. The number of nitro groups is 1. The minimum absolute atomic E-state index is 0.0498. The number of carboxylic acids is 3. The van der Waals surface area contributed by atoms with Gasteiger partial charge in [-0.1, -0.05) is 0 Å². The zero-order chi connectivity index (χ0) is 33.4. The maximum Gasteiger partial charge on any atom is 0.331 e. The van der Waals surface area contributed by atoms with Crippen molar-refractivity contribution < 1.29 is 53.7 Å². The highest BCUT2D eigenvalue weighted by molar-refractivity contribution is 5.84. The van der Waals surface area contributed by atoms with Gasteiger partial charge in [-0.05, 0) is 12.1 Å². The summed E-state index contributed by atoms with van der Waals surface area (Å²) in [6.45, 7) is 0.483. The van der Waals surface area contributed by atoms with Crippen molar-refractivity contribution in [2.45, 2.75) is 0 Å². The average Bonchev–Trinajstić information content (AvgIpc) is 2.95. The highest BCUT2D eigenvalue weighted by Crippen LogP contribution is 2.17. The lowest BCUT2D eigenvalue weighted by Crippen LogP contribution is -2.50. The lowest BCUT2D eigenvalue weighted by Gasteiger charge is -2.33. The van der Waals surface area contributed by atoms with Crippen LogP contribution in [0, 0.1) is 10.1 Å². The number of benzene rings is 1. The number of esters is 1. The van der Waals surface area contributed by atoms with E-state index in [-0.39, 0.29) is 103 Å². The molecule has 0 radical (unpaired) electrons. The predicted octanol–water partition coefficient (Wildman–Crippen LogP) is -1.55. The van der Waals surface area contributed by atoms with Gasteiger partial charge in [-0.3, -0.25) is 48.9 Å². The van der Waals surface area contributed by atoms with Gasteiger partial charge in [0.25, 0.3) is 5.69 Å². The van der Waals surface area contributed by atoms with E-state index in [1.54, 1.807) is 19.6 Å². The monoisotopic (exact) mass is 640 g/mol. The quantitative estimate of drug-likeness (QED) is 0.0854. The Morgan fingerprint density at radius 2 is 1.16 bits per heavy atom. The first-order valence-corrected chi connectivity index (χ1v) is 14.1. The number of carboxylic acid groups (broad SMARTS) is 3. The van der Waals surface area contributed by atoms with Crippen molar-refractivity contribution in [3.05, 3.63) is 34.4 Å². The Morgan fingerprint density at radius 3 is 1.51 bits per heavy atom. The van der Waals surface area contributed by atoms with Gasteiger partial charge < -0.3 is 29.7 Å². The number of non-ortho nitro benzene ring substituents is 1. The smallest absolute Gasteiger partial charge is 0.331 e. The molecular formula is C27H40N6O12. The van der Waals surface area contributed by atoms with Crippen LogP contribution in [0.5, 0.6) is 5.75 Å². The van der Waals surface area contributed by atoms with Gasteiger partial charge in [0, 0.05) is 78.1 Å². The van der Waals surface area contributed by atoms with Crippen LogP contribution in [0.25, 0.3) is 0 Å². The van der Waals surface area contributed by atoms with E-state index >= 15 is 0 Å². The van der Waals surface area contributed by atoms with Crippen molar-refractivity contribution >= 4 is 35.5 Å². The number of hydrogen-bond donors (Lipinski definition) is 3. The fraction of sp³-hybridized carbons (Fsp3) is 0.593. The molecular weight excluding hydrogens is 600 g/mol. The van der Waals surface area contributed by atoms with Crippen molar-refractivity contribution in [1.29, 1.82) is 0 Å². The van der Waals surface area contributed by atoms with E-state index < -0.39 is 41.3 Å². The zero-order valence-electron chi connectivity index (χ0n) is 25.1.